The molecule has 2 aromatic carbocycles. The predicted molar refractivity (Wildman–Crippen MR) is 137 cm³/mol. The van der Waals surface area contributed by atoms with Gasteiger partial charge in [-0.05, 0) is 67.7 Å². The zero-order valence-electron chi connectivity index (χ0n) is 20.3. The molecule has 2 amide bonds. The largest absolute Gasteiger partial charge is 0.342 e. The van der Waals surface area contributed by atoms with Gasteiger partial charge >= 0.3 is 0 Å². The third-order valence-corrected chi connectivity index (χ3v) is 7.49. The van der Waals surface area contributed by atoms with Gasteiger partial charge in [0.1, 0.15) is 11.4 Å². The number of fused-ring (bicyclic) bond motifs is 1. The predicted octanol–water partition coefficient (Wildman–Crippen LogP) is 4.53. The van der Waals surface area contributed by atoms with E-state index in [1.807, 2.05) is 42.1 Å². The van der Waals surface area contributed by atoms with Crippen LogP contribution in [-0.4, -0.2) is 57.6 Å². The Morgan fingerprint density at radius 3 is 2.49 bits per heavy atom. The number of amides is 2. The summed E-state index contributed by atoms with van der Waals surface area (Å²) < 4.78 is 0. The van der Waals surface area contributed by atoms with Crippen LogP contribution in [0, 0.1) is 11.8 Å². The lowest BCUT2D eigenvalue weighted by Gasteiger charge is -2.24. The maximum Gasteiger partial charge on any atom is 0.255 e. The highest BCUT2D eigenvalue weighted by atomic mass is 16.2. The van der Waals surface area contributed by atoms with Crippen LogP contribution in [0.2, 0.25) is 0 Å². The standard InChI is InChI=1S/C29H30N4O2/c1-29(2)28(35)33(18-19-12-14-32(17-19)27(34)22-7-8-22)26(31-29)21-5-3-20(4-6-21)23-9-10-25-16-30-13-11-24(25)15-23/h3-6,9-11,13,15-16,19,22H,7-8,12,14,17-18H2,1-2H3. The summed E-state index contributed by atoms with van der Waals surface area (Å²) >= 11 is 0. The fourth-order valence-electron chi connectivity index (χ4n) is 5.29. The molecule has 3 aromatic rings. The van der Waals surface area contributed by atoms with Gasteiger partial charge in [0.25, 0.3) is 5.91 Å². The van der Waals surface area contributed by atoms with Crippen molar-refractivity contribution in [1.29, 1.82) is 0 Å². The molecule has 2 aliphatic heterocycles. The third-order valence-electron chi connectivity index (χ3n) is 7.49. The molecule has 2 fully saturated rings. The van der Waals surface area contributed by atoms with E-state index in [1.54, 1.807) is 0 Å². The summed E-state index contributed by atoms with van der Waals surface area (Å²) in [6.07, 6.45) is 6.68. The minimum atomic E-state index is -0.775. The van der Waals surface area contributed by atoms with E-state index in [9.17, 15) is 9.59 Å². The van der Waals surface area contributed by atoms with Gasteiger partial charge < -0.3 is 4.90 Å². The van der Waals surface area contributed by atoms with Crippen molar-refractivity contribution in [3.8, 4) is 11.1 Å². The number of rotatable bonds is 5. The van der Waals surface area contributed by atoms with Crippen LogP contribution in [0.25, 0.3) is 21.9 Å². The second kappa shape index (κ2) is 8.29. The fourth-order valence-corrected chi connectivity index (χ4v) is 5.29. The number of hydrogen-bond acceptors (Lipinski definition) is 4. The van der Waals surface area contributed by atoms with Crippen LogP contribution in [0.3, 0.4) is 0 Å². The maximum atomic E-state index is 13.3. The quantitative estimate of drug-likeness (QED) is 0.555. The molecular formula is C29H30N4O2. The van der Waals surface area contributed by atoms with Crippen molar-refractivity contribution in [2.45, 2.75) is 38.6 Å². The van der Waals surface area contributed by atoms with Crippen LogP contribution in [0.1, 0.15) is 38.7 Å². The Morgan fingerprint density at radius 1 is 0.971 bits per heavy atom. The minimum Gasteiger partial charge on any atom is -0.342 e. The lowest BCUT2D eigenvalue weighted by molar-refractivity contribution is -0.131. The van der Waals surface area contributed by atoms with E-state index in [0.717, 1.165) is 65.7 Å². The van der Waals surface area contributed by atoms with Crippen molar-refractivity contribution >= 4 is 28.4 Å². The van der Waals surface area contributed by atoms with Crippen LogP contribution in [0.15, 0.2) is 65.9 Å². The Kier molecular flexibility index (Phi) is 5.20. The second-order valence-electron chi connectivity index (χ2n) is 10.6. The number of aromatic nitrogens is 1. The van der Waals surface area contributed by atoms with Gasteiger partial charge in [0, 0.05) is 48.9 Å². The maximum absolute atomic E-state index is 13.3. The van der Waals surface area contributed by atoms with Gasteiger partial charge in [-0.15, -0.1) is 0 Å². The van der Waals surface area contributed by atoms with Gasteiger partial charge in [-0.2, -0.15) is 0 Å². The Labute approximate surface area is 205 Å². The molecule has 35 heavy (non-hydrogen) atoms. The number of nitrogens with zero attached hydrogens (tertiary/aromatic N) is 4. The molecule has 6 heteroatoms. The molecule has 3 heterocycles. The van der Waals surface area contributed by atoms with Crippen molar-refractivity contribution in [2.75, 3.05) is 19.6 Å². The zero-order chi connectivity index (χ0) is 24.2. The summed E-state index contributed by atoms with van der Waals surface area (Å²) in [5.41, 5.74) is 2.43. The number of pyridine rings is 1. The smallest absolute Gasteiger partial charge is 0.255 e. The molecule has 1 saturated carbocycles. The van der Waals surface area contributed by atoms with Crippen LogP contribution in [0.5, 0.6) is 0 Å². The van der Waals surface area contributed by atoms with Crippen LogP contribution in [0.4, 0.5) is 0 Å². The van der Waals surface area contributed by atoms with E-state index in [2.05, 4.69) is 47.4 Å². The normalized spacial score (nSPS) is 21.6. The first kappa shape index (κ1) is 22.0. The topological polar surface area (TPSA) is 65.9 Å². The summed E-state index contributed by atoms with van der Waals surface area (Å²) in [5, 5.41) is 2.28. The molecule has 0 N–H and O–H groups in total. The SMILES string of the molecule is CC1(C)N=C(c2ccc(-c3ccc4cnccc4c3)cc2)N(CC2CCN(C(=O)C3CC3)C2)C1=O. The van der Waals surface area contributed by atoms with E-state index in [-0.39, 0.29) is 17.7 Å². The van der Waals surface area contributed by atoms with Gasteiger partial charge in [0.15, 0.2) is 0 Å². The van der Waals surface area contributed by atoms with Crippen molar-refractivity contribution in [2.24, 2.45) is 16.8 Å². The van der Waals surface area contributed by atoms with E-state index in [4.69, 9.17) is 4.99 Å². The molecule has 1 aliphatic carbocycles. The number of carbonyl (C=O) groups excluding carboxylic acids is 2. The Morgan fingerprint density at radius 2 is 1.71 bits per heavy atom. The van der Waals surface area contributed by atoms with Gasteiger partial charge in [-0.25, -0.2) is 0 Å². The highest BCUT2D eigenvalue weighted by molar-refractivity contribution is 6.15. The van der Waals surface area contributed by atoms with E-state index >= 15 is 0 Å². The summed E-state index contributed by atoms with van der Waals surface area (Å²) in [6, 6.07) is 16.7. The Bertz CT molecular complexity index is 1340. The summed E-state index contributed by atoms with van der Waals surface area (Å²) in [4.78, 5) is 38.6. The van der Waals surface area contributed by atoms with Gasteiger partial charge in [0.05, 0.1) is 0 Å². The first-order valence-corrected chi connectivity index (χ1v) is 12.5. The van der Waals surface area contributed by atoms with Gasteiger partial charge in [0.2, 0.25) is 5.91 Å². The average Bonchev–Trinajstić information content (AvgIpc) is 3.58. The molecule has 1 aromatic heterocycles. The molecule has 6 nitrogen and oxygen atoms in total. The molecule has 1 unspecified atom stereocenters. The first-order valence-electron chi connectivity index (χ1n) is 12.5. The lowest BCUT2D eigenvalue weighted by atomic mass is 10.0. The first-order chi connectivity index (χ1) is 16.9. The van der Waals surface area contributed by atoms with Crippen LogP contribution >= 0.6 is 0 Å². The molecule has 0 radical (unpaired) electrons. The molecule has 6 rings (SSSR count). The summed E-state index contributed by atoms with van der Waals surface area (Å²) in [6.45, 7) is 5.91. The fraction of sp³-hybridized carbons (Fsp3) is 0.379. The van der Waals surface area contributed by atoms with Crippen molar-refractivity contribution in [1.82, 2.24) is 14.8 Å². The van der Waals surface area contributed by atoms with Crippen LogP contribution < -0.4 is 0 Å². The second-order valence-corrected chi connectivity index (χ2v) is 10.6. The molecule has 1 saturated heterocycles. The van der Waals surface area contributed by atoms with Crippen molar-refractivity contribution < 1.29 is 9.59 Å². The van der Waals surface area contributed by atoms with Gasteiger partial charge in [-0.1, -0.05) is 36.4 Å². The third kappa shape index (κ3) is 4.11. The van der Waals surface area contributed by atoms with Gasteiger partial charge in [-0.3, -0.25) is 24.5 Å². The van der Waals surface area contributed by atoms with Crippen molar-refractivity contribution in [3.05, 3.63) is 66.5 Å². The minimum absolute atomic E-state index is 0.0340. The van der Waals surface area contributed by atoms with E-state index in [0.29, 0.717) is 12.5 Å². The molecule has 178 valence electrons. The number of hydrogen-bond donors (Lipinski definition) is 0. The lowest BCUT2D eigenvalue weighted by Crippen LogP contribution is -2.42. The highest BCUT2D eigenvalue weighted by Crippen LogP contribution is 2.34. The molecule has 3 aliphatic rings. The average molecular weight is 467 g/mol. The summed E-state index contributed by atoms with van der Waals surface area (Å²) in [7, 11) is 0. The number of benzene rings is 2. The Balaban J connectivity index is 1.22. The van der Waals surface area contributed by atoms with Crippen molar-refractivity contribution in [3.63, 3.8) is 0 Å². The number of likely N-dealkylation sites (tertiary alicyclic amines) is 1. The highest BCUT2D eigenvalue weighted by Gasteiger charge is 2.43. The number of amidine groups is 1. The van der Waals surface area contributed by atoms with E-state index < -0.39 is 5.54 Å². The Hall–Kier alpha value is -3.54. The molecule has 0 bridgehead atoms. The monoisotopic (exact) mass is 466 g/mol. The number of carbonyl (C=O) groups is 2. The number of aliphatic imine (C=N–C) groups is 1. The molecule has 1 atom stereocenters. The zero-order valence-corrected chi connectivity index (χ0v) is 20.3. The van der Waals surface area contributed by atoms with Crippen LogP contribution in [-0.2, 0) is 9.59 Å². The van der Waals surface area contributed by atoms with E-state index in [1.165, 1.54) is 0 Å². The molecule has 0 spiro atoms. The molecular weight excluding hydrogens is 436 g/mol. The summed E-state index contributed by atoms with van der Waals surface area (Å²) in [5.74, 6) is 1.60.